The van der Waals surface area contributed by atoms with Gasteiger partial charge >= 0.3 is 0 Å². The van der Waals surface area contributed by atoms with Gasteiger partial charge < -0.3 is 16.4 Å². The van der Waals surface area contributed by atoms with Gasteiger partial charge in [-0.05, 0) is 29.2 Å². The molecule has 1 amide bonds. The van der Waals surface area contributed by atoms with E-state index in [9.17, 15) is 4.79 Å². The summed E-state index contributed by atoms with van der Waals surface area (Å²) in [4.78, 5) is 13.3. The highest BCUT2D eigenvalue weighted by Gasteiger charge is 2.29. The van der Waals surface area contributed by atoms with E-state index in [2.05, 4.69) is 13.8 Å². The van der Waals surface area contributed by atoms with Crippen LogP contribution < -0.4 is 16.4 Å². The minimum absolute atomic E-state index is 0.117. The SMILES string of the molecule is CN1C(=O)Cc2cc(C(N)C(C)(C)CN)ccc21. The van der Waals surface area contributed by atoms with E-state index < -0.39 is 0 Å². The van der Waals surface area contributed by atoms with Gasteiger partial charge in [0.25, 0.3) is 0 Å². The van der Waals surface area contributed by atoms with Crippen LogP contribution in [0.4, 0.5) is 5.69 Å². The summed E-state index contributed by atoms with van der Waals surface area (Å²) in [6, 6.07) is 5.89. The number of nitrogens with zero attached hydrogens (tertiary/aromatic N) is 1. The molecule has 0 aromatic heterocycles. The van der Waals surface area contributed by atoms with E-state index in [4.69, 9.17) is 11.5 Å². The van der Waals surface area contributed by atoms with Gasteiger partial charge in [-0.2, -0.15) is 0 Å². The third kappa shape index (κ3) is 2.02. The number of rotatable bonds is 3. The summed E-state index contributed by atoms with van der Waals surface area (Å²) in [7, 11) is 1.80. The van der Waals surface area contributed by atoms with Gasteiger partial charge in [0.15, 0.2) is 0 Å². The highest BCUT2D eigenvalue weighted by atomic mass is 16.2. The summed E-state index contributed by atoms with van der Waals surface area (Å²) in [5.74, 6) is 0.133. The fourth-order valence-electron chi connectivity index (χ4n) is 2.26. The summed E-state index contributed by atoms with van der Waals surface area (Å²) >= 11 is 0. The number of hydrogen-bond acceptors (Lipinski definition) is 3. The first-order valence-electron chi connectivity index (χ1n) is 6.22. The molecule has 0 aliphatic carbocycles. The van der Waals surface area contributed by atoms with Crippen molar-refractivity contribution in [1.82, 2.24) is 0 Å². The summed E-state index contributed by atoms with van der Waals surface area (Å²) < 4.78 is 0. The van der Waals surface area contributed by atoms with Gasteiger partial charge in [0.05, 0.1) is 6.42 Å². The van der Waals surface area contributed by atoms with Crippen molar-refractivity contribution in [2.45, 2.75) is 26.3 Å². The van der Waals surface area contributed by atoms with Gasteiger partial charge in [-0.15, -0.1) is 0 Å². The molecule has 0 saturated heterocycles. The minimum Gasteiger partial charge on any atom is -0.330 e. The van der Waals surface area contributed by atoms with Gasteiger partial charge in [0.1, 0.15) is 0 Å². The summed E-state index contributed by atoms with van der Waals surface area (Å²) in [6.45, 7) is 4.65. The van der Waals surface area contributed by atoms with Crippen LogP contribution in [0.2, 0.25) is 0 Å². The van der Waals surface area contributed by atoms with E-state index >= 15 is 0 Å². The molecule has 4 nitrogen and oxygen atoms in total. The van der Waals surface area contributed by atoms with E-state index in [-0.39, 0.29) is 17.4 Å². The molecule has 0 bridgehead atoms. The zero-order valence-electron chi connectivity index (χ0n) is 11.2. The highest BCUT2D eigenvalue weighted by Crippen LogP contribution is 2.34. The van der Waals surface area contributed by atoms with Crippen LogP contribution in [0.3, 0.4) is 0 Å². The fourth-order valence-corrected chi connectivity index (χ4v) is 2.26. The van der Waals surface area contributed by atoms with Gasteiger partial charge in [-0.25, -0.2) is 0 Å². The van der Waals surface area contributed by atoms with Crippen molar-refractivity contribution < 1.29 is 4.79 Å². The molecule has 4 N–H and O–H groups in total. The molecule has 1 atom stereocenters. The van der Waals surface area contributed by atoms with Gasteiger partial charge in [-0.1, -0.05) is 26.0 Å². The van der Waals surface area contributed by atoms with Gasteiger partial charge in [0, 0.05) is 18.8 Å². The monoisotopic (exact) mass is 247 g/mol. The maximum absolute atomic E-state index is 11.6. The number of amides is 1. The van der Waals surface area contributed by atoms with Crippen LogP contribution in [0, 0.1) is 5.41 Å². The summed E-state index contributed by atoms with van der Waals surface area (Å²) in [6.07, 6.45) is 0.468. The molecule has 0 fully saturated rings. The number of likely N-dealkylation sites (N-methyl/N-ethyl adjacent to an activating group) is 1. The Balaban J connectivity index is 2.34. The van der Waals surface area contributed by atoms with Gasteiger partial charge in [-0.3, -0.25) is 4.79 Å². The van der Waals surface area contributed by atoms with Crippen molar-refractivity contribution in [3.8, 4) is 0 Å². The number of carbonyl (C=O) groups excluding carboxylic acids is 1. The molecule has 0 spiro atoms. The maximum atomic E-state index is 11.6. The van der Waals surface area contributed by atoms with Crippen molar-refractivity contribution in [1.29, 1.82) is 0 Å². The molecule has 1 aromatic carbocycles. The Morgan fingerprint density at radius 2 is 2.11 bits per heavy atom. The Labute approximate surface area is 108 Å². The lowest BCUT2D eigenvalue weighted by Crippen LogP contribution is -2.35. The first kappa shape index (κ1) is 13.1. The van der Waals surface area contributed by atoms with Crippen LogP contribution in [-0.4, -0.2) is 19.5 Å². The molecule has 2 rings (SSSR count). The second-order valence-corrected chi connectivity index (χ2v) is 5.69. The van der Waals surface area contributed by atoms with Crippen molar-refractivity contribution in [2.24, 2.45) is 16.9 Å². The average molecular weight is 247 g/mol. The first-order chi connectivity index (χ1) is 8.36. The summed E-state index contributed by atoms with van der Waals surface area (Å²) in [5, 5.41) is 0. The molecule has 1 aliphatic heterocycles. The topological polar surface area (TPSA) is 72.3 Å². The van der Waals surface area contributed by atoms with Crippen molar-refractivity contribution >= 4 is 11.6 Å². The molecule has 1 heterocycles. The van der Waals surface area contributed by atoms with Crippen LogP contribution >= 0.6 is 0 Å². The standard InChI is InChI=1S/C14H21N3O/c1-14(2,8-15)13(16)9-4-5-11-10(6-9)7-12(18)17(11)3/h4-6,13H,7-8,15-16H2,1-3H3. The third-order valence-electron chi connectivity index (χ3n) is 3.91. The minimum atomic E-state index is -0.150. The van der Waals surface area contributed by atoms with Crippen LogP contribution in [0.5, 0.6) is 0 Å². The second kappa shape index (κ2) is 4.37. The molecule has 1 aliphatic rings. The molecule has 4 heteroatoms. The molecular formula is C14H21N3O. The predicted molar refractivity (Wildman–Crippen MR) is 73.3 cm³/mol. The largest absolute Gasteiger partial charge is 0.330 e. The average Bonchev–Trinajstić information content (AvgIpc) is 2.63. The Hall–Kier alpha value is -1.39. The van der Waals surface area contributed by atoms with E-state index in [0.29, 0.717) is 13.0 Å². The quantitative estimate of drug-likeness (QED) is 0.842. The zero-order valence-corrected chi connectivity index (χ0v) is 11.2. The first-order valence-corrected chi connectivity index (χ1v) is 6.22. The lowest BCUT2D eigenvalue weighted by atomic mass is 9.80. The lowest BCUT2D eigenvalue weighted by Gasteiger charge is -2.30. The molecule has 1 aromatic rings. The second-order valence-electron chi connectivity index (χ2n) is 5.69. The van der Waals surface area contributed by atoms with Gasteiger partial charge in [0.2, 0.25) is 5.91 Å². The third-order valence-corrected chi connectivity index (χ3v) is 3.91. The number of anilines is 1. The Morgan fingerprint density at radius 1 is 1.44 bits per heavy atom. The summed E-state index contributed by atoms with van der Waals surface area (Å²) in [5.41, 5.74) is 15.0. The highest BCUT2D eigenvalue weighted by molar-refractivity contribution is 6.00. The molecule has 18 heavy (non-hydrogen) atoms. The normalized spacial score (nSPS) is 16.9. The molecule has 98 valence electrons. The number of carbonyl (C=O) groups is 1. The Morgan fingerprint density at radius 3 is 2.72 bits per heavy atom. The van der Waals surface area contributed by atoms with Crippen LogP contribution in [-0.2, 0) is 11.2 Å². The number of nitrogens with two attached hydrogens (primary N) is 2. The predicted octanol–water partition coefficient (Wildman–Crippen LogP) is 1.19. The van der Waals surface area contributed by atoms with Crippen LogP contribution in [0.15, 0.2) is 18.2 Å². The van der Waals surface area contributed by atoms with E-state index in [1.54, 1.807) is 11.9 Å². The Kier molecular flexibility index (Phi) is 3.17. The zero-order chi connectivity index (χ0) is 13.5. The van der Waals surface area contributed by atoms with Crippen LogP contribution in [0.25, 0.3) is 0 Å². The number of benzene rings is 1. The van der Waals surface area contributed by atoms with Crippen molar-refractivity contribution in [3.63, 3.8) is 0 Å². The molecule has 1 unspecified atom stereocenters. The molecular weight excluding hydrogens is 226 g/mol. The molecule has 0 radical (unpaired) electrons. The van der Waals surface area contributed by atoms with Crippen LogP contribution in [0.1, 0.15) is 31.0 Å². The number of hydrogen-bond donors (Lipinski definition) is 2. The van der Waals surface area contributed by atoms with Crippen molar-refractivity contribution in [3.05, 3.63) is 29.3 Å². The molecule has 0 saturated carbocycles. The van der Waals surface area contributed by atoms with E-state index in [1.165, 1.54) is 0 Å². The Bertz CT molecular complexity index is 482. The van der Waals surface area contributed by atoms with Crippen molar-refractivity contribution in [2.75, 3.05) is 18.5 Å². The maximum Gasteiger partial charge on any atom is 0.231 e. The smallest absolute Gasteiger partial charge is 0.231 e. The van der Waals surface area contributed by atoms with E-state index in [0.717, 1.165) is 16.8 Å². The fraction of sp³-hybridized carbons (Fsp3) is 0.500. The van der Waals surface area contributed by atoms with E-state index in [1.807, 2.05) is 18.2 Å². The lowest BCUT2D eigenvalue weighted by molar-refractivity contribution is -0.117. The number of fused-ring (bicyclic) bond motifs is 1.